The van der Waals surface area contributed by atoms with Crippen molar-refractivity contribution in [2.75, 3.05) is 4.90 Å². The molecular weight excluding hydrogens is 250 g/mol. The molecule has 0 radical (unpaired) electrons. The molecule has 2 aromatic rings. The van der Waals surface area contributed by atoms with Gasteiger partial charge in [-0.2, -0.15) is 5.26 Å². The van der Waals surface area contributed by atoms with Crippen LogP contribution in [-0.2, 0) is 11.3 Å². The van der Waals surface area contributed by atoms with E-state index in [1.54, 1.807) is 17.0 Å². The van der Waals surface area contributed by atoms with Crippen molar-refractivity contribution >= 4 is 11.6 Å². The van der Waals surface area contributed by atoms with E-state index in [1.807, 2.05) is 36.4 Å². The molecule has 4 nitrogen and oxygen atoms in total. The fourth-order valence-corrected chi connectivity index (χ4v) is 2.45. The average Bonchev–Trinajstić information content (AvgIpc) is 2.74. The zero-order chi connectivity index (χ0) is 14.1. The van der Waals surface area contributed by atoms with Gasteiger partial charge in [0.25, 0.3) is 0 Å². The minimum atomic E-state index is -0.579. The molecule has 2 N–H and O–H groups in total. The lowest BCUT2D eigenvalue weighted by Crippen LogP contribution is -2.31. The Bertz CT molecular complexity index is 700. The number of para-hydroxylation sites is 1. The summed E-state index contributed by atoms with van der Waals surface area (Å²) in [5, 5.41) is 8.79. The first-order valence-corrected chi connectivity index (χ1v) is 6.35. The Morgan fingerprint density at radius 2 is 1.85 bits per heavy atom. The van der Waals surface area contributed by atoms with Crippen LogP contribution < -0.4 is 10.6 Å². The molecule has 1 aliphatic rings. The third-order valence-electron chi connectivity index (χ3n) is 3.52. The van der Waals surface area contributed by atoms with Crippen molar-refractivity contribution in [3.8, 4) is 6.07 Å². The minimum absolute atomic E-state index is 0.0874. The van der Waals surface area contributed by atoms with Gasteiger partial charge in [-0.1, -0.05) is 30.3 Å². The van der Waals surface area contributed by atoms with Crippen molar-refractivity contribution in [1.82, 2.24) is 0 Å². The Morgan fingerprint density at radius 3 is 2.55 bits per heavy atom. The van der Waals surface area contributed by atoms with E-state index in [4.69, 9.17) is 11.0 Å². The molecule has 0 saturated heterocycles. The van der Waals surface area contributed by atoms with Gasteiger partial charge < -0.3 is 10.6 Å². The van der Waals surface area contributed by atoms with Crippen LogP contribution in [0, 0.1) is 11.3 Å². The molecular formula is C16H13N3O. The van der Waals surface area contributed by atoms with Crippen LogP contribution in [0.4, 0.5) is 5.69 Å². The van der Waals surface area contributed by atoms with Gasteiger partial charge in [-0.3, -0.25) is 4.79 Å². The molecule has 3 rings (SSSR count). The standard InChI is InChI=1S/C16H13N3O/c17-9-11-5-7-12(8-6-11)10-19-14-4-2-1-3-13(14)15(18)16(19)20/h1-8,15H,10,18H2. The summed E-state index contributed by atoms with van der Waals surface area (Å²) in [6, 6.07) is 16.3. The van der Waals surface area contributed by atoms with E-state index in [-0.39, 0.29) is 5.91 Å². The average molecular weight is 263 g/mol. The summed E-state index contributed by atoms with van der Waals surface area (Å²) in [6.07, 6.45) is 0. The molecule has 20 heavy (non-hydrogen) atoms. The first-order valence-electron chi connectivity index (χ1n) is 6.35. The van der Waals surface area contributed by atoms with E-state index in [0.29, 0.717) is 12.1 Å². The molecule has 1 aliphatic heterocycles. The summed E-state index contributed by atoms with van der Waals surface area (Å²) in [6.45, 7) is 0.468. The lowest BCUT2D eigenvalue weighted by molar-refractivity contribution is -0.119. The highest BCUT2D eigenvalue weighted by Crippen LogP contribution is 2.35. The number of nitrogens with zero attached hydrogens (tertiary/aromatic N) is 2. The lowest BCUT2D eigenvalue weighted by Gasteiger charge is -2.17. The Balaban J connectivity index is 1.91. The second-order valence-corrected chi connectivity index (χ2v) is 4.77. The monoisotopic (exact) mass is 263 g/mol. The van der Waals surface area contributed by atoms with E-state index in [9.17, 15) is 4.79 Å². The van der Waals surface area contributed by atoms with E-state index < -0.39 is 6.04 Å². The van der Waals surface area contributed by atoms with Gasteiger partial charge in [0.05, 0.1) is 18.2 Å². The van der Waals surface area contributed by atoms with Gasteiger partial charge >= 0.3 is 0 Å². The second-order valence-electron chi connectivity index (χ2n) is 4.77. The summed E-state index contributed by atoms with van der Waals surface area (Å²) in [5.41, 5.74) is 9.27. The van der Waals surface area contributed by atoms with E-state index in [0.717, 1.165) is 16.8 Å². The molecule has 0 spiro atoms. The van der Waals surface area contributed by atoms with Crippen molar-refractivity contribution in [3.05, 3.63) is 65.2 Å². The topological polar surface area (TPSA) is 70.1 Å². The second kappa shape index (κ2) is 4.80. The van der Waals surface area contributed by atoms with E-state index in [2.05, 4.69) is 6.07 Å². The van der Waals surface area contributed by atoms with Crippen molar-refractivity contribution in [2.24, 2.45) is 5.73 Å². The van der Waals surface area contributed by atoms with Crippen LogP contribution in [0.3, 0.4) is 0 Å². The SMILES string of the molecule is N#Cc1ccc(CN2C(=O)C(N)c3ccccc32)cc1. The van der Waals surface area contributed by atoms with Crippen LogP contribution in [0.15, 0.2) is 48.5 Å². The fraction of sp³-hybridized carbons (Fsp3) is 0.125. The molecule has 1 heterocycles. The van der Waals surface area contributed by atoms with Crippen molar-refractivity contribution in [1.29, 1.82) is 5.26 Å². The number of rotatable bonds is 2. The molecule has 0 fully saturated rings. The van der Waals surface area contributed by atoms with Gasteiger partial charge in [-0.05, 0) is 23.8 Å². The smallest absolute Gasteiger partial charge is 0.248 e. The largest absolute Gasteiger partial charge is 0.316 e. The zero-order valence-corrected chi connectivity index (χ0v) is 10.8. The van der Waals surface area contributed by atoms with Gasteiger partial charge in [0.15, 0.2) is 0 Å². The number of fused-ring (bicyclic) bond motifs is 1. The Labute approximate surface area is 117 Å². The quantitative estimate of drug-likeness (QED) is 0.902. The highest BCUT2D eigenvalue weighted by molar-refractivity contribution is 6.04. The van der Waals surface area contributed by atoms with Gasteiger partial charge in [0.2, 0.25) is 5.91 Å². The maximum absolute atomic E-state index is 12.2. The first kappa shape index (κ1) is 12.4. The summed E-state index contributed by atoms with van der Waals surface area (Å²) >= 11 is 0. The normalized spacial score (nSPS) is 16.9. The molecule has 1 amide bonds. The van der Waals surface area contributed by atoms with Crippen LogP contribution >= 0.6 is 0 Å². The summed E-state index contributed by atoms with van der Waals surface area (Å²) < 4.78 is 0. The predicted octanol–water partition coefficient (Wildman–Crippen LogP) is 2.10. The number of benzene rings is 2. The Hall–Kier alpha value is -2.64. The lowest BCUT2D eigenvalue weighted by atomic mass is 10.1. The molecule has 1 atom stereocenters. The first-order chi connectivity index (χ1) is 9.70. The van der Waals surface area contributed by atoms with Crippen LogP contribution in [0.5, 0.6) is 0 Å². The number of nitrogens with two attached hydrogens (primary N) is 1. The number of carbonyl (C=O) groups is 1. The number of amides is 1. The molecule has 2 aromatic carbocycles. The van der Waals surface area contributed by atoms with Gasteiger partial charge in [-0.15, -0.1) is 0 Å². The highest BCUT2D eigenvalue weighted by Gasteiger charge is 2.34. The number of carbonyl (C=O) groups excluding carboxylic acids is 1. The highest BCUT2D eigenvalue weighted by atomic mass is 16.2. The maximum atomic E-state index is 12.2. The van der Waals surface area contributed by atoms with Gasteiger partial charge in [0, 0.05) is 11.3 Å². The van der Waals surface area contributed by atoms with E-state index in [1.165, 1.54) is 0 Å². The molecule has 0 aliphatic carbocycles. The molecule has 4 heteroatoms. The van der Waals surface area contributed by atoms with E-state index >= 15 is 0 Å². The number of hydrogen-bond donors (Lipinski definition) is 1. The minimum Gasteiger partial charge on any atom is -0.316 e. The third kappa shape index (κ3) is 1.94. The third-order valence-corrected chi connectivity index (χ3v) is 3.52. The van der Waals surface area contributed by atoms with Crippen LogP contribution in [0.25, 0.3) is 0 Å². The molecule has 0 aromatic heterocycles. The summed E-state index contributed by atoms with van der Waals surface area (Å²) in [7, 11) is 0. The van der Waals surface area contributed by atoms with Crippen LogP contribution in [0.2, 0.25) is 0 Å². The van der Waals surface area contributed by atoms with Gasteiger partial charge in [-0.25, -0.2) is 0 Å². The molecule has 98 valence electrons. The molecule has 0 saturated carbocycles. The summed E-state index contributed by atoms with van der Waals surface area (Å²) in [4.78, 5) is 13.9. The number of anilines is 1. The number of nitriles is 1. The van der Waals surface area contributed by atoms with Gasteiger partial charge in [0.1, 0.15) is 6.04 Å². The van der Waals surface area contributed by atoms with Crippen molar-refractivity contribution in [2.45, 2.75) is 12.6 Å². The zero-order valence-electron chi connectivity index (χ0n) is 10.8. The maximum Gasteiger partial charge on any atom is 0.248 e. The summed E-state index contributed by atoms with van der Waals surface area (Å²) in [5.74, 6) is -0.0874. The van der Waals surface area contributed by atoms with Crippen molar-refractivity contribution < 1.29 is 4.79 Å². The van der Waals surface area contributed by atoms with Crippen molar-refractivity contribution in [3.63, 3.8) is 0 Å². The Kier molecular flexibility index (Phi) is 2.97. The molecule has 1 unspecified atom stereocenters. The van der Waals surface area contributed by atoms with Crippen LogP contribution in [0.1, 0.15) is 22.7 Å². The number of hydrogen-bond acceptors (Lipinski definition) is 3. The predicted molar refractivity (Wildman–Crippen MR) is 75.7 cm³/mol. The fourth-order valence-electron chi connectivity index (χ4n) is 2.45. The van der Waals surface area contributed by atoms with Crippen LogP contribution in [-0.4, -0.2) is 5.91 Å². The molecule has 0 bridgehead atoms. The Morgan fingerprint density at radius 1 is 1.15 bits per heavy atom.